The summed E-state index contributed by atoms with van der Waals surface area (Å²) < 4.78 is 0. The molecule has 1 nitrogen and oxygen atoms in total. The normalized spacial score (nSPS) is 13.4. The van der Waals surface area contributed by atoms with Crippen molar-refractivity contribution in [3.8, 4) is 0 Å². The van der Waals surface area contributed by atoms with Crippen molar-refractivity contribution in [2.75, 3.05) is 24.8 Å². The highest BCUT2D eigenvalue weighted by Crippen LogP contribution is 2.39. The molecular formula is C6H15NS. The highest BCUT2D eigenvalue weighted by atomic mass is 32.3. The van der Waals surface area contributed by atoms with Gasteiger partial charge in [0.1, 0.15) is 0 Å². The first-order valence-electron chi connectivity index (χ1n) is 2.66. The second-order valence-corrected chi connectivity index (χ2v) is 6.27. The molecule has 0 saturated heterocycles. The van der Waals surface area contributed by atoms with Gasteiger partial charge in [-0.1, -0.05) is 12.0 Å². The minimum atomic E-state index is -0.531. The van der Waals surface area contributed by atoms with Crippen molar-refractivity contribution in [3.05, 3.63) is 12.0 Å². The Hall–Kier alpha value is 0.0500. The van der Waals surface area contributed by atoms with Gasteiger partial charge < -0.3 is 5.73 Å². The molecule has 0 saturated carbocycles. The van der Waals surface area contributed by atoms with Gasteiger partial charge in [0.25, 0.3) is 0 Å². The van der Waals surface area contributed by atoms with Crippen molar-refractivity contribution >= 4 is 10.0 Å². The third kappa shape index (κ3) is 3.10. The molecule has 0 bridgehead atoms. The Morgan fingerprint density at radius 3 is 2.25 bits per heavy atom. The second kappa shape index (κ2) is 3.15. The van der Waals surface area contributed by atoms with Crippen LogP contribution in [0.5, 0.6) is 0 Å². The van der Waals surface area contributed by atoms with Crippen molar-refractivity contribution in [2.45, 2.75) is 0 Å². The monoisotopic (exact) mass is 133 g/mol. The Balaban J connectivity index is 3.53. The van der Waals surface area contributed by atoms with Crippen LogP contribution in [0.1, 0.15) is 0 Å². The van der Waals surface area contributed by atoms with Gasteiger partial charge in [-0.25, -0.2) is 10.0 Å². The van der Waals surface area contributed by atoms with Gasteiger partial charge in [-0.3, -0.25) is 0 Å². The van der Waals surface area contributed by atoms with Crippen molar-refractivity contribution in [2.24, 2.45) is 5.73 Å². The van der Waals surface area contributed by atoms with E-state index in [1.54, 1.807) is 0 Å². The molecule has 0 atom stereocenters. The van der Waals surface area contributed by atoms with Gasteiger partial charge in [0.15, 0.2) is 0 Å². The summed E-state index contributed by atoms with van der Waals surface area (Å²) in [4.78, 5) is 0. The topological polar surface area (TPSA) is 26.0 Å². The summed E-state index contributed by atoms with van der Waals surface area (Å²) in [5.41, 5.74) is 5.36. The van der Waals surface area contributed by atoms with Crippen LogP contribution in [0, 0.1) is 0 Å². The van der Waals surface area contributed by atoms with E-state index in [1.807, 2.05) is 5.41 Å². The summed E-state index contributed by atoms with van der Waals surface area (Å²) in [6.07, 6.45) is 4.43. The molecule has 0 aliphatic carbocycles. The zero-order valence-electron chi connectivity index (χ0n) is 5.68. The first-order chi connectivity index (χ1) is 3.62. The third-order valence-electron chi connectivity index (χ3n) is 1.10. The Kier molecular flexibility index (Phi) is 3.17. The summed E-state index contributed by atoms with van der Waals surface area (Å²) >= 11 is 0. The Bertz CT molecular complexity index is 78.6. The van der Waals surface area contributed by atoms with E-state index in [1.165, 1.54) is 0 Å². The molecule has 0 fully saturated rings. The fourth-order valence-electron chi connectivity index (χ4n) is 0.387. The quantitative estimate of drug-likeness (QED) is 0.614. The van der Waals surface area contributed by atoms with Gasteiger partial charge in [0, 0.05) is 6.54 Å². The maximum Gasteiger partial charge on any atom is 0.000198 e. The molecular weight excluding hydrogens is 118 g/mol. The van der Waals surface area contributed by atoms with Crippen LogP contribution in [0.3, 0.4) is 0 Å². The van der Waals surface area contributed by atoms with E-state index in [9.17, 15) is 0 Å². The number of hydrogen-bond acceptors (Lipinski definition) is 1. The first kappa shape index (κ1) is 8.05. The fraction of sp³-hybridized carbons (Fsp3) is 0.667. The van der Waals surface area contributed by atoms with E-state index >= 15 is 0 Å². The molecule has 0 amide bonds. The van der Waals surface area contributed by atoms with Crippen LogP contribution in [0.2, 0.25) is 0 Å². The summed E-state index contributed by atoms with van der Waals surface area (Å²) in [5.74, 6) is 1.11. The third-order valence-corrected chi connectivity index (χ3v) is 3.29. The Morgan fingerprint density at radius 2 is 2.12 bits per heavy atom. The molecule has 50 valence electrons. The maximum absolute atomic E-state index is 5.36. The number of rotatable bonds is 3. The van der Waals surface area contributed by atoms with Crippen LogP contribution in [0.15, 0.2) is 12.0 Å². The van der Waals surface area contributed by atoms with E-state index in [0.29, 0.717) is 0 Å². The van der Waals surface area contributed by atoms with E-state index in [0.717, 1.165) is 12.3 Å². The number of nitrogens with two attached hydrogens (primary N) is 1. The lowest BCUT2D eigenvalue weighted by Crippen LogP contribution is -2.09. The van der Waals surface area contributed by atoms with Crippen LogP contribution in [-0.4, -0.2) is 24.8 Å². The lowest BCUT2D eigenvalue weighted by Gasteiger charge is -2.24. The first-order valence-corrected chi connectivity index (χ1v) is 5.34. The predicted molar refractivity (Wildman–Crippen MR) is 43.6 cm³/mol. The van der Waals surface area contributed by atoms with E-state index < -0.39 is 10.0 Å². The van der Waals surface area contributed by atoms with Crippen molar-refractivity contribution in [3.63, 3.8) is 0 Å². The molecule has 8 heavy (non-hydrogen) atoms. The average molecular weight is 133 g/mol. The summed E-state index contributed by atoms with van der Waals surface area (Å²) in [6.45, 7) is 4.52. The molecule has 2 N–H and O–H groups in total. The zero-order valence-corrected chi connectivity index (χ0v) is 6.50. The van der Waals surface area contributed by atoms with Gasteiger partial charge in [0.05, 0.1) is 0 Å². The SMILES string of the molecule is C=CS(C)(C)CCN. The largest absolute Gasteiger partial charge is 0.330 e. The van der Waals surface area contributed by atoms with Crippen molar-refractivity contribution in [1.29, 1.82) is 0 Å². The highest BCUT2D eigenvalue weighted by Gasteiger charge is 2.02. The highest BCUT2D eigenvalue weighted by molar-refractivity contribution is 8.35. The van der Waals surface area contributed by atoms with Crippen LogP contribution in [0.25, 0.3) is 0 Å². The zero-order chi connectivity index (χ0) is 6.62. The van der Waals surface area contributed by atoms with Gasteiger partial charge in [0.2, 0.25) is 0 Å². The van der Waals surface area contributed by atoms with Crippen LogP contribution < -0.4 is 5.73 Å². The van der Waals surface area contributed by atoms with Gasteiger partial charge >= 0.3 is 0 Å². The molecule has 0 heterocycles. The fourth-order valence-corrected chi connectivity index (χ4v) is 1.16. The average Bonchev–Trinajstić information content (AvgIpc) is 1.67. The Morgan fingerprint density at radius 1 is 1.62 bits per heavy atom. The predicted octanol–water partition coefficient (Wildman–Crippen LogP) is 1.15. The van der Waals surface area contributed by atoms with E-state index in [4.69, 9.17) is 5.73 Å². The van der Waals surface area contributed by atoms with Crippen molar-refractivity contribution < 1.29 is 0 Å². The smallest absolute Gasteiger partial charge is 0.000198 e. The van der Waals surface area contributed by atoms with E-state index in [-0.39, 0.29) is 0 Å². The van der Waals surface area contributed by atoms with Crippen molar-refractivity contribution in [1.82, 2.24) is 0 Å². The summed E-state index contributed by atoms with van der Waals surface area (Å²) in [7, 11) is -0.531. The molecule has 0 aromatic carbocycles. The minimum Gasteiger partial charge on any atom is -0.330 e. The number of hydrogen-bond donors (Lipinski definition) is 1. The minimum absolute atomic E-state index is 0.531. The van der Waals surface area contributed by atoms with Crippen LogP contribution in [0.4, 0.5) is 0 Å². The Labute approximate surface area is 53.3 Å². The molecule has 0 aliphatic rings. The molecule has 0 aliphatic heterocycles. The molecule has 0 radical (unpaired) electrons. The standard InChI is InChI=1S/C6H15NS/c1-4-8(2,3)6-5-7/h4H,1,5-7H2,2-3H3. The van der Waals surface area contributed by atoms with E-state index in [2.05, 4.69) is 19.1 Å². The lowest BCUT2D eigenvalue weighted by atomic mass is 10.8. The molecule has 0 aromatic rings. The molecule has 0 rings (SSSR count). The van der Waals surface area contributed by atoms with Gasteiger partial charge in [-0.05, 0) is 18.3 Å². The van der Waals surface area contributed by atoms with Crippen LogP contribution in [-0.2, 0) is 0 Å². The van der Waals surface area contributed by atoms with Crippen LogP contribution >= 0.6 is 10.0 Å². The molecule has 0 unspecified atom stereocenters. The maximum atomic E-state index is 5.36. The lowest BCUT2D eigenvalue weighted by molar-refractivity contribution is 1.14. The summed E-state index contributed by atoms with van der Waals surface area (Å²) in [6, 6.07) is 0. The molecule has 0 aromatic heterocycles. The van der Waals surface area contributed by atoms with Gasteiger partial charge in [-0.15, -0.1) is 0 Å². The summed E-state index contributed by atoms with van der Waals surface area (Å²) in [5, 5.41) is 2.03. The second-order valence-electron chi connectivity index (χ2n) is 2.28. The molecule has 0 spiro atoms. The van der Waals surface area contributed by atoms with Gasteiger partial charge in [-0.2, -0.15) is 0 Å². The molecule has 2 heteroatoms.